The molecule has 3 rings (SSSR count). The van der Waals surface area contributed by atoms with Gasteiger partial charge in [-0.15, -0.1) is 0 Å². The van der Waals surface area contributed by atoms with Gasteiger partial charge < -0.3 is 4.74 Å². The molecule has 1 aromatic carbocycles. The Labute approximate surface area is 125 Å². The van der Waals surface area contributed by atoms with Crippen LogP contribution in [0.2, 0.25) is 0 Å². The molecule has 0 spiro atoms. The minimum atomic E-state index is -3.78. The van der Waals surface area contributed by atoms with Crippen LogP contribution >= 0.6 is 10.7 Å². The summed E-state index contributed by atoms with van der Waals surface area (Å²) in [4.78, 5) is 8.10. The molecule has 0 unspecified atom stereocenters. The third-order valence-corrected chi connectivity index (χ3v) is 4.15. The van der Waals surface area contributed by atoms with Crippen LogP contribution in [0.1, 0.15) is 0 Å². The number of rotatable bonds is 3. The Kier molecular flexibility index (Phi) is 3.48. The van der Waals surface area contributed by atoms with Crippen molar-refractivity contribution in [1.82, 2.24) is 9.97 Å². The van der Waals surface area contributed by atoms with Gasteiger partial charge in [-0.3, -0.25) is 4.98 Å². The summed E-state index contributed by atoms with van der Waals surface area (Å²) in [5.41, 5.74) is 0.801. The zero-order valence-electron chi connectivity index (χ0n) is 10.6. The largest absolute Gasteiger partial charge is 0.438 e. The number of ether oxygens (including phenoxy) is 1. The van der Waals surface area contributed by atoms with Crippen molar-refractivity contribution in [2.24, 2.45) is 0 Å². The van der Waals surface area contributed by atoms with Crippen LogP contribution in [0.15, 0.2) is 59.8 Å². The van der Waals surface area contributed by atoms with Crippen molar-refractivity contribution in [3.05, 3.63) is 54.9 Å². The van der Waals surface area contributed by atoms with E-state index < -0.39 is 9.05 Å². The molecule has 0 saturated carbocycles. The van der Waals surface area contributed by atoms with E-state index in [0.29, 0.717) is 5.75 Å². The van der Waals surface area contributed by atoms with Crippen molar-refractivity contribution in [1.29, 1.82) is 0 Å². The van der Waals surface area contributed by atoms with Crippen LogP contribution in [0.4, 0.5) is 0 Å². The number of benzene rings is 1. The molecule has 0 aliphatic carbocycles. The number of pyridine rings is 2. The highest BCUT2D eigenvalue weighted by Crippen LogP contribution is 2.28. The van der Waals surface area contributed by atoms with Gasteiger partial charge in [-0.05, 0) is 30.3 Å². The van der Waals surface area contributed by atoms with Crippen molar-refractivity contribution in [2.45, 2.75) is 4.90 Å². The van der Waals surface area contributed by atoms with Crippen LogP contribution in [-0.2, 0) is 9.05 Å². The third-order valence-electron chi connectivity index (χ3n) is 2.81. The van der Waals surface area contributed by atoms with E-state index >= 15 is 0 Å². The minimum absolute atomic E-state index is 0.0731. The Morgan fingerprint density at radius 2 is 1.86 bits per heavy atom. The first kappa shape index (κ1) is 13.8. The van der Waals surface area contributed by atoms with E-state index in [1.807, 2.05) is 24.3 Å². The maximum absolute atomic E-state index is 11.2. The Bertz CT molecular complexity index is 890. The lowest BCUT2D eigenvalue weighted by molar-refractivity contribution is 0.467. The summed E-state index contributed by atoms with van der Waals surface area (Å²) in [6.07, 6.45) is 2.85. The van der Waals surface area contributed by atoms with E-state index in [0.717, 1.165) is 17.1 Å². The quantitative estimate of drug-likeness (QED) is 0.692. The Balaban J connectivity index is 1.96. The van der Waals surface area contributed by atoms with Crippen LogP contribution in [0, 0.1) is 0 Å². The molecular weight excluding hydrogens is 312 g/mol. The summed E-state index contributed by atoms with van der Waals surface area (Å²) >= 11 is 0. The maximum atomic E-state index is 11.2. The van der Waals surface area contributed by atoms with Crippen molar-refractivity contribution in [2.75, 3.05) is 0 Å². The SMILES string of the molecule is O=S(=O)(Cl)c1ccc(Oc2cccc3ncccc23)nc1. The molecule has 0 N–H and O–H groups in total. The first-order valence-corrected chi connectivity index (χ1v) is 8.27. The van der Waals surface area contributed by atoms with E-state index in [1.165, 1.54) is 12.1 Å². The van der Waals surface area contributed by atoms with E-state index in [4.69, 9.17) is 15.4 Å². The number of halogens is 1. The highest BCUT2D eigenvalue weighted by Gasteiger charge is 2.11. The molecule has 0 aliphatic rings. The molecule has 0 aliphatic heterocycles. The molecule has 0 saturated heterocycles. The standard InChI is InChI=1S/C14H9ClN2O3S/c15-21(18,19)10-6-7-14(17-9-10)20-13-5-1-4-12-11(13)3-2-8-16-12/h1-9H. The first-order valence-electron chi connectivity index (χ1n) is 5.96. The average Bonchev–Trinajstić information content (AvgIpc) is 2.47. The molecule has 0 radical (unpaired) electrons. The predicted octanol–water partition coefficient (Wildman–Crippen LogP) is 3.35. The summed E-state index contributed by atoms with van der Waals surface area (Å²) in [6, 6.07) is 12.0. The molecule has 21 heavy (non-hydrogen) atoms. The second-order valence-electron chi connectivity index (χ2n) is 4.20. The highest BCUT2D eigenvalue weighted by atomic mass is 35.7. The number of fused-ring (bicyclic) bond motifs is 1. The number of hydrogen-bond donors (Lipinski definition) is 0. The number of aromatic nitrogens is 2. The lowest BCUT2D eigenvalue weighted by Crippen LogP contribution is -1.94. The van der Waals surface area contributed by atoms with Gasteiger partial charge in [-0.2, -0.15) is 0 Å². The van der Waals surface area contributed by atoms with Gasteiger partial charge in [0, 0.05) is 28.3 Å². The van der Waals surface area contributed by atoms with Gasteiger partial charge >= 0.3 is 0 Å². The lowest BCUT2D eigenvalue weighted by Gasteiger charge is -2.07. The summed E-state index contributed by atoms with van der Waals surface area (Å²) < 4.78 is 28.0. The van der Waals surface area contributed by atoms with E-state index in [-0.39, 0.29) is 10.8 Å². The fraction of sp³-hybridized carbons (Fsp3) is 0. The normalized spacial score (nSPS) is 11.5. The molecule has 0 atom stereocenters. The molecule has 7 heteroatoms. The third kappa shape index (κ3) is 2.96. The monoisotopic (exact) mass is 320 g/mol. The average molecular weight is 321 g/mol. The predicted molar refractivity (Wildman–Crippen MR) is 79.1 cm³/mol. The fourth-order valence-corrected chi connectivity index (χ4v) is 2.53. The minimum Gasteiger partial charge on any atom is -0.438 e. The second-order valence-corrected chi connectivity index (χ2v) is 6.76. The highest BCUT2D eigenvalue weighted by molar-refractivity contribution is 8.13. The molecule has 3 aromatic rings. The summed E-state index contributed by atoms with van der Waals surface area (Å²) in [5.74, 6) is 0.866. The van der Waals surface area contributed by atoms with E-state index in [2.05, 4.69) is 9.97 Å². The van der Waals surface area contributed by atoms with Crippen molar-refractivity contribution >= 4 is 30.6 Å². The van der Waals surface area contributed by atoms with Gasteiger partial charge in [0.1, 0.15) is 10.6 Å². The van der Waals surface area contributed by atoms with Crippen molar-refractivity contribution in [3.8, 4) is 11.6 Å². The number of hydrogen-bond acceptors (Lipinski definition) is 5. The molecular formula is C14H9ClN2O3S. The van der Waals surface area contributed by atoms with Gasteiger partial charge in [0.25, 0.3) is 9.05 Å². The van der Waals surface area contributed by atoms with Crippen molar-refractivity contribution < 1.29 is 13.2 Å². The maximum Gasteiger partial charge on any atom is 0.262 e. The van der Waals surface area contributed by atoms with Crippen LogP contribution in [0.25, 0.3) is 10.9 Å². The van der Waals surface area contributed by atoms with E-state index in [1.54, 1.807) is 12.3 Å². The van der Waals surface area contributed by atoms with E-state index in [9.17, 15) is 8.42 Å². The Hall–Kier alpha value is -2.18. The smallest absolute Gasteiger partial charge is 0.262 e. The van der Waals surface area contributed by atoms with Crippen LogP contribution in [0.3, 0.4) is 0 Å². The zero-order chi connectivity index (χ0) is 14.9. The Morgan fingerprint density at radius 3 is 2.57 bits per heavy atom. The van der Waals surface area contributed by atoms with Gasteiger partial charge in [0.05, 0.1) is 11.7 Å². The molecule has 0 bridgehead atoms. The van der Waals surface area contributed by atoms with Gasteiger partial charge in [-0.1, -0.05) is 6.07 Å². The van der Waals surface area contributed by atoms with Gasteiger partial charge in [0.15, 0.2) is 0 Å². The van der Waals surface area contributed by atoms with Gasteiger partial charge in [-0.25, -0.2) is 13.4 Å². The Morgan fingerprint density at radius 1 is 1.00 bits per heavy atom. The number of nitrogens with zero attached hydrogens (tertiary/aromatic N) is 2. The van der Waals surface area contributed by atoms with Crippen LogP contribution < -0.4 is 4.74 Å². The molecule has 106 valence electrons. The summed E-state index contributed by atoms with van der Waals surface area (Å²) in [7, 11) is 1.45. The van der Waals surface area contributed by atoms with Crippen molar-refractivity contribution in [3.63, 3.8) is 0 Å². The lowest BCUT2D eigenvalue weighted by atomic mass is 10.2. The summed E-state index contributed by atoms with van der Waals surface area (Å²) in [6.45, 7) is 0. The molecule has 5 nitrogen and oxygen atoms in total. The molecule has 0 fully saturated rings. The topological polar surface area (TPSA) is 69.2 Å². The zero-order valence-corrected chi connectivity index (χ0v) is 12.2. The first-order chi connectivity index (χ1) is 10.0. The van der Waals surface area contributed by atoms with Crippen LogP contribution in [0.5, 0.6) is 11.6 Å². The fourth-order valence-electron chi connectivity index (χ4n) is 1.85. The van der Waals surface area contributed by atoms with Crippen LogP contribution in [-0.4, -0.2) is 18.4 Å². The second kappa shape index (κ2) is 5.31. The molecule has 0 amide bonds. The molecule has 2 heterocycles. The van der Waals surface area contributed by atoms with Gasteiger partial charge in [0.2, 0.25) is 5.88 Å². The molecule has 2 aromatic heterocycles. The summed E-state index contributed by atoms with van der Waals surface area (Å²) in [5, 5.41) is 0.843.